The molecular weight excluding hydrogens is 244 g/mol. The van der Waals surface area contributed by atoms with Crippen molar-refractivity contribution >= 4 is 28.0 Å². The van der Waals surface area contributed by atoms with Gasteiger partial charge in [0.15, 0.2) is 0 Å². The molecule has 0 radical (unpaired) electrons. The van der Waals surface area contributed by atoms with Gasteiger partial charge in [-0.15, -0.1) is 0 Å². The molecule has 0 aliphatic rings. The summed E-state index contributed by atoms with van der Waals surface area (Å²) in [5.74, 6) is -0.446. The highest BCUT2D eigenvalue weighted by atomic mass is 32.1. The monoisotopic (exact) mass is 258 g/mol. The Labute approximate surface area is 103 Å². The first-order chi connectivity index (χ1) is 7.79. The highest BCUT2D eigenvalue weighted by Gasteiger charge is 2.19. The van der Waals surface area contributed by atoms with Crippen LogP contribution in [0.15, 0.2) is 11.4 Å². The van der Waals surface area contributed by atoms with E-state index in [-0.39, 0.29) is 11.5 Å². The van der Waals surface area contributed by atoms with Crippen molar-refractivity contribution in [1.82, 2.24) is 0 Å². The van der Waals surface area contributed by atoms with Gasteiger partial charge in [0, 0.05) is 0 Å². The van der Waals surface area contributed by atoms with Crippen LogP contribution in [-0.2, 0) is 9.53 Å². The van der Waals surface area contributed by atoms with Crippen LogP contribution in [-0.4, -0.2) is 23.0 Å². The number of hydrogen-bond acceptors (Lipinski definition) is 6. The van der Waals surface area contributed by atoms with Crippen molar-refractivity contribution in [2.24, 2.45) is 0 Å². The third kappa shape index (κ3) is 4.39. The van der Waals surface area contributed by atoms with Crippen LogP contribution < -0.4 is 5.32 Å². The number of thiophene rings is 1. The summed E-state index contributed by atoms with van der Waals surface area (Å²) in [6, 6.07) is 1.56. The molecule has 0 saturated carbocycles. The lowest BCUT2D eigenvalue weighted by molar-refractivity contribution is -0.379. The predicted molar refractivity (Wildman–Crippen MR) is 65.3 cm³/mol. The first-order valence-corrected chi connectivity index (χ1v) is 5.85. The van der Waals surface area contributed by atoms with Crippen molar-refractivity contribution in [1.29, 1.82) is 0 Å². The lowest BCUT2D eigenvalue weighted by atomic mass is 10.2. The van der Waals surface area contributed by atoms with Crippen molar-refractivity contribution in [2.45, 2.75) is 26.4 Å². The average Bonchev–Trinajstić information content (AvgIpc) is 2.59. The van der Waals surface area contributed by atoms with Crippen LogP contribution in [0.5, 0.6) is 0 Å². The molecule has 0 saturated heterocycles. The molecule has 1 aromatic heterocycles. The predicted octanol–water partition coefficient (Wildman–Crippen LogP) is 2.41. The van der Waals surface area contributed by atoms with Gasteiger partial charge in [-0.3, -0.25) is 14.9 Å². The van der Waals surface area contributed by atoms with Crippen LogP contribution in [0.1, 0.15) is 20.8 Å². The van der Waals surface area contributed by atoms with E-state index in [2.05, 4.69) is 5.32 Å². The van der Waals surface area contributed by atoms with Gasteiger partial charge in [-0.2, -0.15) is 0 Å². The second-order valence-corrected chi connectivity index (χ2v) is 5.23. The van der Waals surface area contributed by atoms with Gasteiger partial charge in [0.2, 0.25) is 0 Å². The molecule has 0 bridgehead atoms. The lowest BCUT2D eigenvalue weighted by Gasteiger charge is -2.19. The molecule has 0 amide bonds. The summed E-state index contributed by atoms with van der Waals surface area (Å²) in [7, 11) is 0. The molecule has 0 aliphatic heterocycles. The van der Waals surface area contributed by atoms with E-state index in [0.29, 0.717) is 5.69 Å². The van der Waals surface area contributed by atoms with Crippen LogP contribution in [0, 0.1) is 10.1 Å². The lowest BCUT2D eigenvalue weighted by Crippen LogP contribution is -2.28. The Morgan fingerprint density at radius 2 is 2.24 bits per heavy atom. The van der Waals surface area contributed by atoms with Crippen molar-refractivity contribution in [2.75, 3.05) is 11.9 Å². The Hall–Kier alpha value is -1.63. The fourth-order valence-electron chi connectivity index (χ4n) is 1.12. The summed E-state index contributed by atoms with van der Waals surface area (Å²) >= 11 is 1.01. The van der Waals surface area contributed by atoms with Gasteiger partial charge in [-0.05, 0) is 32.2 Å². The molecule has 0 unspecified atom stereocenters. The molecule has 1 heterocycles. The first-order valence-electron chi connectivity index (χ1n) is 4.97. The van der Waals surface area contributed by atoms with Crippen molar-refractivity contribution in [3.05, 3.63) is 21.6 Å². The summed E-state index contributed by atoms with van der Waals surface area (Å²) in [6.45, 7) is 5.20. The number of hydrogen-bond donors (Lipinski definition) is 1. The fraction of sp³-hybridized carbons (Fsp3) is 0.500. The summed E-state index contributed by atoms with van der Waals surface area (Å²) in [6.07, 6.45) is 0. The zero-order valence-corrected chi connectivity index (χ0v) is 10.7. The van der Waals surface area contributed by atoms with Crippen LogP contribution in [0.3, 0.4) is 0 Å². The Balaban J connectivity index is 2.53. The number of esters is 1. The molecule has 0 atom stereocenters. The number of anilines is 1. The molecule has 1 N–H and O–H groups in total. The summed E-state index contributed by atoms with van der Waals surface area (Å²) < 4.78 is 5.07. The largest absolute Gasteiger partial charge is 0.459 e. The molecule has 0 aliphatic carbocycles. The Kier molecular flexibility index (Phi) is 4.06. The van der Waals surface area contributed by atoms with E-state index in [1.54, 1.807) is 32.2 Å². The molecule has 6 nitrogen and oxygen atoms in total. The topological polar surface area (TPSA) is 81.5 Å². The zero-order chi connectivity index (χ0) is 13.1. The highest BCUT2D eigenvalue weighted by molar-refractivity contribution is 7.14. The highest BCUT2D eigenvalue weighted by Crippen LogP contribution is 2.30. The minimum Gasteiger partial charge on any atom is -0.459 e. The van der Waals surface area contributed by atoms with E-state index in [1.807, 2.05) is 0 Å². The smallest absolute Gasteiger partial charge is 0.347 e. The molecule has 1 aromatic rings. The molecule has 0 fully saturated rings. The molecule has 94 valence electrons. The van der Waals surface area contributed by atoms with Gasteiger partial charge < -0.3 is 10.1 Å². The Bertz CT molecular complexity index is 422. The minimum atomic E-state index is -0.556. The standard InChI is InChI=1S/C10H14N2O4S/c1-10(2,3)16-8(13)6-11-7-4-5-17-9(7)12(14)15/h4-5,11H,6H2,1-3H3. The molecule has 0 aromatic carbocycles. The van der Waals surface area contributed by atoms with Crippen LogP contribution in [0.25, 0.3) is 0 Å². The van der Waals surface area contributed by atoms with Gasteiger partial charge in [-0.25, -0.2) is 0 Å². The second kappa shape index (κ2) is 5.13. The molecule has 7 heteroatoms. The third-order valence-electron chi connectivity index (χ3n) is 1.65. The molecular formula is C10H14N2O4S. The summed E-state index contributed by atoms with van der Waals surface area (Å²) in [5, 5.41) is 14.9. The normalized spacial score (nSPS) is 11.0. The van der Waals surface area contributed by atoms with Crippen molar-refractivity contribution in [3.8, 4) is 0 Å². The maximum Gasteiger partial charge on any atom is 0.347 e. The van der Waals surface area contributed by atoms with Crippen LogP contribution in [0.4, 0.5) is 10.7 Å². The van der Waals surface area contributed by atoms with Gasteiger partial charge in [0.1, 0.15) is 17.8 Å². The average molecular weight is 258 g/mol. The van der Waals surface area contributed by atoms with Gasteiger partial charge in [0.25, 0.3) is 0 Å². The maximum atomic E-state index is 11.4. The quantitative estimate of drug-likeness (QED) is 0.509. The second-order valence-electron chi connectivity index (χ2n) is 4.34. The molecule has 1 rings (SSSR count). The number of nitrogens with zero attached hydrogens (tertiary/aromatic N) is 1. The number of carbonyl (C=O) groups is 1. The Morgan fingerprint density at radius 1 is 1.59 bits per heavy atom. The maximum absolute atomic E-state index is 11.4. The number of ether oxygens (including phenoxy) is 1. The number of nitrogens with one attached hydrogen (secondary N) is 1. The van der Waals surface area contributed by atoms with Crippen molar-refractivity contribution in [3.63, 3.8) is 0 Å². The van der Waals surface area contributed by atoms with E-state index in [4.69, 9.17) is 4.74 Å². The van der Waals surface area contributed by atoms with E-state index < -0.39 is 16.5 Å². The molecule has 0 spiro atoms. The number of rotatable bonds is 4. The van der Waals surface area contributed by atoms with E-state index in [0.717, 1.165) is 11.3 Å². The van der Waals surface area contributed by atoms with Gasteiger partial charge in [0.05, 0.1) is 4.92 Å². The fourth-order valence-corrected chi connectivity index (χ4v) is 1.81. The zero-order valence-electron chi connectivity index (χ0n) is 9.85. The van der Waals surface area contributed by atoms with Crippen molar-refractivity contribution < 1.29 is 14.5 Å². The van der Waals surface area contributed by atoms with Gasteiger partial charge >= 0.3 is 11.0 Å². The molecule has 17 heavy (non-hydrogen) atoms. The van der Waals surface area contributed by atoms with Gasteiger partial charge in [-0.1, -0.05) is 11.3 Å². The SMILES string of the molecule is CC(C)(C)OC(=O)CNc1ccsc1[N+](=O)[O-]. The first kappa shape index (κ1) is 13.4. The van der Waals surface area contributed by atoms with Crippen LogP contribution >= 0.6 is 11.3 Å². The summed E-state index contributed by atoms with van der Waals surface area (Å²) in [4.78, 5) is 21.5. The Morgan fingerprint density at radius 3 is 2.76 bits per heavy atom. The third-order valence-corrected chi connectivity index (χ3v) is 2.52. The van der Waals surface area contributed by atoms with E-state index in [1.165, 1.54) is 0 Å². The van der Waals surface area contributed by atoms with E-state index >= 15 is 0 Å². The number of carbonyl (C=O) groups excluding carboxylic acids is 1. The van der Waals surface area contributed by atoms with E-state index in [9.17, 15) is 14.9 Å². The minimum absolute atomic E-state index is 0.00596. The van der Waals surface area contributed by atoms with Crippen LogP contribution in [0.2, 0.25) is 0 Å². The number of nitro groups is 1. The summed E-state index contributed by atoms with van der Waals surface area (Å²) in [5.41, 5.74) is -0.217.